The van der Waals surface area contributed by atoms with Crippen LogP contribution < -0.4 is 5.32 Å². The van der Waals surface area contributed by atoms with Gasteiger partial charge in [-0.25, -0.2) is 13.6 Å². The molecule has 0 saturated heterocycles. The van der Waals surface area contributed by atoms with Gasteiger partial charge in [-0.05, 0) is 28.9 Å². The van der Waals surface area contributed by atoms with E-state index in [1.807, 2.05) is 0 Å². The Bertz CT molecular complexity index is 511. The predicted molar refractivity (Wildman–Crippen MR) is 68.0 cm³/mol. The van der Waals surface area contributed by atoms with Crippen molar-refractivity contribution < 1.29 is 23.5 Å². The number of aliphatic carboxylic acids is 1. The summed E-state index contributed by atoms with van der Waals surface area (Å²) in [5.74, 6) is -2.76. The van der Waals surface area contributed by atoms with E-state index in [9.17, 15) is 18.4 Å². The fourth-order valence-electron chi connectivity index (χ4n) is 1.30. The van der Waals surface area contributed by atoms with Gasteiger partial charge in [0.05, 0.1) is 10.2 Å². The number of halogens is 3. The molecule has 0 spiro atoms. The van der Waals surface area contributed by atoms with Crippen molar-refractivity contribution in [3.8, 4) is 0 Å². The number of nitrogens with zero attached hydrogens (tertiary/aromatic N) is 1. The molecule has 0 radical (unpaired) electrons. The molecule has 1 aromatic rings. The van der Waals surface area contributed by atoms with Crippen LogP contribution in [0.2, 0.25) is 0 Å². The van der Waals surface area contributed by atoms with Crippen LogP contribution in [0.3, 0.4) is 0 Å². The zero-order valence-electron chi connectivity index (χ0n) is 9.91. The number of rotatable bonds is 4. The van der Waals surface area contributed by atoms with Crippen LogP contribution in [0.5, 0.6) is 0 Å². The Kier molecular flexibility index (Phi) is 5.22. The molecule has 2 N–H and O–H groups in total. The van der Waals surface area contributed by atoms with Gasteiger partial charge in [-0.2, -0.15) is 0 Å². The molecule has 0 aliphatic carbocycles. The molecular formula is C11H11BrF2N2O3. The monoisotopic (exact) mass is 336 g/mol. The number of likely N-dealkylation sites (N-methyl/N-ethyl adjacent to an activating group) is 1. The van der Waals surface area contributed by atoms with E-state index in [-0.39, 0.29) is 16.7 Å². The Balaban J connectivity index is 2.86. The maximum Gasteiger partial charge on any atom is 0.323 e. The minimum atomic E-state index is -1.19. The maximum absolute atomic E-state index is 13.5. The van der Waals surface area contributed by atoms with Gasteiger partial charge in [-0.15, -0.1) is 0 Å². The van der Waals surface area contributed by atoms with E-state index in [0.29, 0.717) is 0 Å². The molecule has 2 amide bonds. The van der Waals surface area contributed by atoms with Crippen molar-refractivity contribution in [1.82, 2.24) is 4.90 Å². The molecule has 8 heteroatoms. The van der Waals surface area contributed by atoms with E-state index in [1.54, 1.807) is 6.92 Å². The van der Waals surface area contributed by atoms with Gasteiger partial charge in [0.25, 0.3) is 0 Å². The molecule has 104 valence electrons. The molecule has 0 atom stereocenters. The molecule has 0 aliphatic heterocycles. The van der Waals surface area contributed by atoms with E-state index >= 15 is 0 Å². The number of carboxylic acid groups (broad SMARTS) is 1. The lowest BCUT2D eigenvalue weighted by atomic mass is 10.3. The lowest BCUT2D eigenvalue weighted by molar-refractivity contribution is -0.137. The van der Waals surface area contributed by atoms with Crippen LogP contribution in [0.25, 0.3) is 0 Å². The van der Waals surface area contributed by atoms with Crippen molar-refractivity contribution in [3.05, 3.63) is 28.2 Å². The second-order valence-electron chi connectivity index (χ2n) is 3.58. The number of urea groups is 1. The van der Waals surface area contributed by atoms with E-state index in [1.165, 1.54) is 0 Å². The summed E-state index contributed by atoms with van der Waals surface area (Å²) < 4.78 is 26.6. The van der Waals surface area contributed by atoms with Crippen LogP contribution in [-0.4, -0.2) is 35.1 Å². The van der Waals surface area contributed by atoms with Crippen LogP contribution in [-0.2, 0) is 4.79 Å². The van der Waals surface area contributed by atoms with Crippen molar-refractivity contribution >= 4 is 33.6 Å². The van der Waals surface area contributed by atoms with Crippen LogP contribution in [0.15, 0.2) is 16.6 Å². The van der Waals surface area contributed by atoms with Crippen LogP contribution in [0.4, 0.5) is 19.3 Å². The predicted octanol–water partition coefficient (Wildman–Crippen LogP) is 2.67. The third-order valence-electron chi connectivity index (χ3n) is 2.25. The Hall–Kier alpha value is -1.70. The smallest absolute Gasteiger partial charge is 0.323 e. The first-order valence-electron chi connectivity index (χ1n) is 5.27. The van der Waals surface area contributed by atoms with Gasteiger partial charge in [0, 0.05) is 12.6 Å². The highest BCUT2D eigenvalue weighted by Gasteiger charge is 2.17. The zero-order valence-corrected chi connectivity index (χ0v) is 11.5. The van der Waals surface area contributed by atoms with Gasteiger partial charge in [-0.3, -0.25) is 4.79 Å². The van der Waals surface area contributed by atoms with Crippen LogP contribution in [0, 0.1) is 11.6 Å². The Morgan fingerprint density at radius 3 is 2.53 bits per heavy atom. The van der Waals surface area contributed by atoms with Gasteiger partial charge < -0.3 is 15.3 Å². The molecular weight excluding hydrogens is 326 g/mol. The average molecular weight is 337 g/mol. The number of anilines is 1. The summed E-state index contributed by atoms with van der Waals surface area (Å²) in [6.07, 6.45) is 0. The van der Waals surface area contributed by atoms with Crippen molar-refractivity contribution in [1.29, 1.82) is 0 Å². The first-order chi connectivity index (χ1) is 8.85. The second-order valence-corrected chi connectivity index (χ2v) is 4.44. The molecule has 0 saturated carbocycles. The second kappa shape index (κ2) is 6.46. The largest absolute Gasteiger partial charge is 0.480 e. The van der Waals surface area contributed by atoms with E-state index < -0.39 is 30.2 Å². The first kappa shape index (κ1) is 15.4. The van der Waals surface area contributed by atoms with E-state index in [0.717, 1.165) is 17.0 Å². The van der Waals surface area contributed by atoms with Crippen molar-refractivity contribution in [3.63, 3.8) is 0 Å². The highest BCUT2D eigenvalue weighted by Crippen LogP contribution is 2.23. The number of amides is 2. The molecule has 1 rings (SSSR count). The standard InChI is InChI=1S/C11H11BrF2N2O3/c1-2-16(5-10(17)18)11(19)15-9-4-7(13)6(12)3-8(9)14/h3-4H,2,5H2,1H3,(H,15,19)(H,17,18). The molecule has 0 aliphatic rings. The van der Waals surface area contributed by atoms with Crippen molar-refractivity contribution in [2.75, 3.05) is 18.4 Å². The summed E-state index contributed by atoms with van der Waals surface area (Å²) in [5.41, 5.74) is -0.352. The molecule has 0 fully saturated rings. The quantitative estimate of drug-likeness (QED) is 0.830. The third-order valence-corrected chi connectivity index (χ3v) is 2.85. The normalized spacial score (nSPS) is 10.1. The lowest BCUT2D eigenvalue weighted by Gasteiger charge is -2.19. The minimum Gasteiger partial charge on any atom is -0.480 e. The number of benzene rings is 1. The SMILES string of the molecule is CCN(CC(=O)O)C(=O)Nc1cc(F)c(Br)cc1F. The van der Waals surface area contributed by atoms with E-state index in [4.69, 9.17) is 5.11 Å². The van der Waals surface area contributed by atoms with Gasteiger partial charge in [-0.1, -0.05) is 0 Å². The molecule has 0 heterocycles. The van der Waals surface area contributed by atoms with Crippen LogP contribution in [0.1, 0.15) is 6.92 Å². The van der Waals surface area contributed by atoms with Crippen LogP contribution >= 0.6 is 15.9 Å². The molecule has 0 unspecified atom stereocenters. The average Bonchev–Trinajstić information content (AvgIpc) is 2.32. The summed E-state index contributed by atoms with van der Waals surface area (Å²) in [6.45, 7) is 1.17. The highest BCUT2D eigenvalue weighted by atomic mass is 79.9. The molecule has 19 heavy (non-hydrogen) atoms. The summed E-state index contributed by atoms with van der Waals surface area (Å²) in [6, 6.07) is 0.871. The number of carbonyl (C=O) groups excluding carboxylic acids is 1. The third kappa shape index (κ3) is 4.16. The topological polar surface area (TPSA) is 69.6 Å². The summed E-state index contributed by atoms with van der Waals surface area (Å²) in [5, 5.41) is 10.7. The molecule has 5 nitrogen and oxygen atoms in total. The number of nitrogens with one attached hydrogen (secondary N) is 1. The van der Waals surface area contributed by atoms with Gasteiger partial charge in [0.15, 0.2) is 0 Å². The molecule has 0 aromatic heterocycles. The fraction of sp³-hybridized carbons (Fsp3) is 0.273. The zero-order chi connectivity index (χ0) is 14.6. The van der Waals surface area contributed by atoms with Gasteiger partial charge in [0.1, 0.15) is 18.2 Å². The Morgan fingerprint density at radius 2 is 2.00 bits per heavy atom. The van der Waals surface area contributed by atoms with E-state index in [2.05, 4.69) is 21.2 Å². The Morgan fingerprint density at radius 1 is 1.37 bits per heavy atom. The Labute approximate surface area is 116 Å². The number of hydrogen-bond donors (Lipinski definition) is 2. The minimum absolute atomic E-state index is 0.0686. The van der Waals surface area contributed by atoms with Crippen molar-refractivity contribution in [2.24, 2.45) is 0 Å². The lowest BCUT2D eigenvalue weighted by Crippen LogP contribution is -2.38. The van der Waals surface area contributed by atoms with Crippen molar-refractivity contribution in [2.45, 2.75) is 6.92 Å². The fourth-order valence-corrected chi connectivity index (χ4v) is 1.62. The molecule has 0 bridgehead atoms. The summed E-state index contributed by atoms with van der Waals surface area (Å²) in [4.78, 5) is 23.2. The van der Waals surface area contributed by atoms with Gasteiger partial charge in [0.2, 0.25) is 0 Å². The number of carboxylic acids is 1. The number of hydrogen-bond acceptors (Lipinski definition) is 2. The highest BCUT2D eigenvalue weighted by molar-refractivity contribution is 9.10. The molecule has 1 aromatic carbocycles. The van der Waals surface area contributed by atoms with Gasteiger partial charge >= 0.3 is 12.0 Å². The summed E-state index contributed by atoms with van der Waals surface area (Å²) >= 11 is 2.81. The summed E-state index contributed by atoms with van der Waals surface area (Å²) in [7, 11) is 0. The first-order valence-corrected chi connectivity index (χ1v) is 6.06. The maximum atomic E-state index is 13.5. The number of carbonyl (C=O) groups is 2.